The van der Waals surface area contributed by atoms with Crippen molar-refractivity contribution in [3.05, 3.63) is 84.5 Å². The molecule has 3 heterocycles. The number of ketones is 1. The van der Waals surface area contributed by atoms with E-state index in [4.69, 9.17) is 5.73 Å². The Kier molecular flexibility index (Phi) is 6.86. The van der Waals surface area contributed by atoms with Gasteiger partial charge in [0.2, 0.25) is 0 Å². The predicted molar refractivity (Wildman–Crippen MR) is 135 cm³/mol. The summed E-state index contributed by atoms with van der Waals surface area (Å²) in [4.78, 5) is 53.7. The third kappa shape index (κ3) is 4.74. The van der Waals surface area contributed by atoms with E-state index in [2.05, 4.69) is 21.5 Å². The topological polar surface area (TPSA) is 125 Å². The van der Waals surface area contributed by atoms with E-state index in [1.807, 2.05) is 25.1 Å². The molecule has 1 atom stereocenters. The van der Waals surface area contributed by atoms with Crippen LogP contribution in [0.4, 0.5) is 0 Å². The number of Topliss-reactive ketones (excluding diaryl/α,β-unsaturated/α-hetero) is 1. The van der Waals surface area contributed by atoms with E-state index >= 15 is 0 Å². The minimum absolute atomic E-state index is 0.0874. The van der Waals surface area contributed by atoms with Gasteiger partial charge >= 0.3 is 0 Å². The number of aromatic nitrogens is 2. The Morgan fingerprint density at radius 2 is 1.97 bits per heavy atom. The summed E-state index contributed by atoms with van der Waals surface area (Å²) >= 11 is 0. The lowest BCUT2D eigenvalue weighted by molar-refractivity contribution is -0.130. The number of nitrogens with zero attached hydrogens (tertiary/aromatic N) is 4. The van der Waals surface area contributed by atoms with Crippen LogP contribution in [-0.4, -0.2) is 69.3 Å². The molecule has 35 heavy (non-hydrogen) atoms. The number of nitrogens with two attached hydrogens (primary N) is 1. The number of carbonyl (C=O) groups is 3. The zero-order valence-corrected chi connectivity index (χ0v) is 19.3. The molecule has 1 aromatic carbocycles. The summed E-state index contributed by atoms with van der Waals surface area (Å²) in [5.41, 5.74) is 8.21. The third-order valence-electron chi connectivity index (χ3n) is 5.92. The molecule has 1 fully saturated rings. The van der Waals surface area contributed by atoms with Crippen molar-refractivity contribution in [2.24, 2.45) is 10.7 Å². The average Bonchev–Trinajstić information content (AvgIpc) is 3.32. The zero-order valence-electron chi connectivity index (χ0n) is 19.3. The molecule has 3 aromatic rings. The molecule has 2 aromatic heterocycles. The molecule has 0 spiro atoms. The lowest BCUT2D eigenvalue weighted by atomic mass is 10.1. The number of allylic oxidation sites excluding steroid dienone is 1. The number of piperazine rings is 1. The van der Waals surface area contributed by atoms with Crippen LogP contribution in [0.2, 0.25) is 0 Å². The molecule has 0 unspecified atom stereocenters. The van der Waals surface area contributed by atoms with Crippen molar-refractivity contribution >= 4 is 40.4 Å². The molecule has 1 aliphatic rings. The quantitative estimate of drug-likeness (QED) is 0.326. The lowest BCUT2D eigenvalue weighted by Gasteiger charge is -2.39. The van der Waals surface area contributed by atoms with Gasteiger partial charge in [0.15, 0.2) is 0 Å². The number of hydrogen-bond acceptors (Lipinski definition) is 6. The molecular formula is C26H26N6O3. The summed E-state index contributed by atoms with van der Waals surface area (Å²) in [6, 6.07) is 10.4. The van der Waals surface area contributed by atoms with Crippen LogP contribution in [0.25, 0.3) is 16.6 Å². The molecule has 1 aliphatic heterocycles. The summed E-state index contributed by atoms with van der Waals surface area (Å²) in [5.74, 6) is -1.33. The van der Waals surface area contributed by atoms with E-state index in [-0.39, 0.29) is 24.1 Å². The Hall–Kier alpha value is -4.53. The molecule has 9 nitrogen and oxygen atoms in total. The average molecular weight is 471 g/mol. The number of fused-ring (bicyclic) bond motifs is 1. The van der Waals surface area contributed by atoms with Crippen LogP contribution >= 0.6 is 0 Å². The maximum absolute atomic E-state index is 13.2. The van der Waals surface area contributed by atoms with E-state index in [0.717, 1.165) is 0 Å². The van der Waals surface area contributed by atoms with Crippen molar-refractivity contribution < 1.29 is 14.4 Å². The smallest absolute Gasteiger partial charge is 0.295 e. The molecule has 0 radical (unpaired) electrons. The van der Waals surface area contributed by atoms with E-state index in [9.17, 15) is 14.4 Å². The van der Waals surface area contributed by atoms with Gasteiger partial charge in [-0.1, -0.05) is 30.9 Å². The first-order chi connectivity index (χ1) is 16.9. The fourth-order valence-corrected chi connectivity index (χ4v) is 4.16. The fourth-order valence-electron chi connectivity index (χ4n) is 4.16. The molecule has 1 saturated heterocycles. The minimum atomic E-state index is -0.629. The lowest BCUT2D eigenvalue weighted by Crippen LogP contribution is -2.56. The molecule has 0 aliphatic carbocycles. The van der Waals surface area contributed by atoms with Crippen LogP contribution in [0.1, 0.15) is 33.3 Å². The Labute approximate surface area is 202 Å². The normalized spacial score (nSPS) is 16.6. The van der Waals surface area contributed by atoms with E-state index < -0.39 is 11.7 Å². The van der Waals surface area contributed by atoms with Crippen molar-refractivity contribution in [3.63, 3.8) is 0 Å². The highest BCUT2D eigenvalue weighted by Gasteiger charge is 2.34. The van der Waals surface area contributed by atoms with Gasteiger partial charge in [-0.2, -0.15) is 0 Å². The van der Waals surface area contributed by atoms with Gasteiger partial charge in [-0.3, -0.25) is 24.4 Å². The molecule has 0 bridgehead atoms. The van der Waals surface area contributed by atoms with Crippen molar-refractivity contribution in [2.75, 3.05) is 19.6 Å². The van der Waals surface area contributed by atoms with Gasteiger partial charge in [0, 0.05) is 55.2 Å². The fraction of sp³-hybridized carbons (Fsp3) is 0.192. The second kappa shape index (κ2) is 10.2. The molecule has 3 N–H and O–H groups in total. The van der Waals surface area contributed by atoms with Crippen molar-refractivity contribution in [2.45, 2.75) is 13.0 Å². The Morgan fingerprint density at radius 1 is 1.20 bits per heavy atom. The van der Waals surface area contributed by atoms with Gasteiger partial charge in [-0.05, 0) is 25.1 Å². The van der Waals surface area contributed by atoms with E-state index in [0.29, 0.717) is 40.9 Å². The number of pyridine rings is 1. The summed E-state index contributed by atoms with van der Waals surface area (Å²) in [7, 11) is 0. The standard InChI is InChI=1S/C26H26N6O3/c1-3-10-28-15-21(27)23-22-19(9-11-29-23)20(14-30-22)24(33)26(35)32-13-12-31(16-17(32)2)25(34)18-7-5-4-6-8-18/h3-11,14-15,17,30H,1,12-13,16,27H2,2H3/b21-15-,28-10-/t17-/m1/s1. The largest absolute Gasteiger partial charge is 0.396 e. The van der Waals surface area contributed by atoms with Crippen molar-refractivity contribution in [1.29, 1.82) is 0 Å². The number of nitrogens with one attached hydrogen (secondary N) is 1. The number of aliphatic imine (C=N–C) groups is 1. The summed E-state index contributed by atoms with van der Waals surface area (Å²) in [5, 5.41) is 0.544. The molecule has 4 rings (SSSR count). The first kappa shape index (κ1) is 23.6. The zero-order chi connectivity index (χ0) is 24.9. The van der Waals surface area contributed by atoms with Crippen LogP contribution in [0, 0.1) is 0 Å². The highest BCUT2D eigenvalue weighted by Crippen LogP contribution is 2.25. The SMILES string of the molecule is C=C/C=N\C=C(/N)c1nccc2c(C(=O)C(=O)N3CCN(C(=O)c4ccccc4)C[C@H]3C)c[nH]c12. The molecule has 2 amide bonds. The number of benzene rings is 1. The van der Waals surface area contributed by atoms with Crippen LogP contribution < -0.4 is 5.73 Å². The van der Waals surface area contributed by atoms with Gasteiger partial charge in [-0.25, -0.2) is 0 Å². The predicted octanol–water partition coefficient (Wildman–Crippen LogP) is 2.63. The number of H-pyrrole nitrogens is 1. The first-order valence-electron chi connectivity index (χ1n) is 11.2. The van der Waals surface area contributed by atoms with Gasteiger partial charge < -0.3 is 20.5 Å². The summed E-state index contributed by atoms with van der Waals surface area (Å²) in [6.07, 6.45) is 7.48. The van der Waals surface area contributed by atoms with Gasteiger partial charge in [0.1, 0.15) is 5.69 Å². The number of amides is 2. The van der Waals surface area contributed by atoms with Crippen molar-refractivity contribution in [3.8, 4) is 0 Å². The maximum atomic E-state index is 13.2. The molecule has 9 heteroatoms. The molecule has 178 valence electrons. The number of aromatic amines is 1. The Balaban J connectivity index is 1.52. The second-order valence-corrected chi connectivity index (χ2v) is 8.20. The van der Waals surface area contributed by atoms with E-state index in [1.54, 1.807) is 23.1 Å². The maximum Gasteiger partial charge on any atom is 0.295 e. The molecule has 0 saturated carbocycles. The van der Waals surface area contributed by atoms with Crippen molar-refractivity contribution in [1.82, 2.24) is 19.8 Å². The van der Waals surface area contributed by atoms with Gasteiger partial charge in [-0.15, -0.1) is 0 Å². The van der Waals surface area contributed by atoms with Crippen LogP contribution in [0.5, 0.6) is 0 Å². The number of carbonyl (C=O) groups excluding carboxylic acids is 3. The number of rotatable bonds is 6. The van der Waals surface area contributed by atoms with Crippen LogP contribution in [-0.2, 0) is 4.79 Å². The first-order valence-corrected chi connectivity index (χ1v) is 11.2. The minimum Gasteiger partial charge on any atom is -0.396 e. The van der Waals surface area contributed by atoms with Crippen LogP contribution in [0.15, 0.2) is 72.6 Å². The second-order valence-electron chi connectivity index (χ2n) is 8.20. The Bertz CT molecular complexity index is 1340. The monoisotopic (exact) mass is 470 g/mol. The number of hydrogen-bond donors (Lipinski definition) is 2. The highest BCUT2D eigenvalue weighted by atomic mass is 16.2. The van der Waals surface area contributed by atoms with Gasteiger partial charge in [0.25, 0.3) is 17.6 Å². The third-order valence-corrected chi connectivity index (χ3v) is 5.92. The van der Waals surface area contributed by atoms with E-state index in [1.165, 1.54) is 35.8 Å². The Morgan fingerprint density at radius 3 is 2.69 bits per heavy atom. The summed E-state index contributed by atoms with van der Waals surface area (Å²) < 4.78 is 0. The van der Waals surface area contributed by atoms with Gasteiger partial charge in [0.05, 0.1) is 23.0 Å². The van der Waals surface area contributed by atoms with Crippen LogP contribution in [0.3, 0.4) is 0 Å². The molecular weight excluding hydrogens is 444 g/mol. The summed E-state index contributed by atoms with van der Waals surface area (Å²) in [6.45, 7) is 6.37. The highest BCUT2D eigenvalue weighted by molar-refractivity contribution is 6.45.